The summed E-state index contributed by atoms with van der Waals surface area (Å²) in [6, 6.07) is 12.1. The van der Waals surface area contributed by atoms with Crippen molar-refractivity contribution in [1.29, 1.82) is 0 Å². The lowest BCUT2D eigenvalue weighted by atomic mass is 9.82. The second-order valence-electron chi connectivity index (χ2n) is 6.29. The van der Waals surface area contributed by atoms with Crippen molar-refractivity contribution < 1.29 is 18.6 Å². The summed E-state index contributed by atoms with van der Waals surface area (Å²) in [5.41, 5.74) is 2.87. The van der Waals surface area contributed by atoms with Crippen LogP contribution in [-0.4, -0.2) is 19.5 Å². The highest BCUT2D eigenvalue weighted by Crippen LogP contribution is 2.46. The Bertz CT molecular complexity index is 809. The first kappa shape index (κ1) is 16.2. The van der Waals surface area contributed by atoms with Gasteiger partial charge < -0.3 is 14.2 Å². The van der Waals surface area contributed by atoms with Gasteiger partial charge in [0, 0.05) is 6.42 Å². The number of ether oxygens (including phenoxy) is 3. The Morgan fingerprint density at radius 3 is 2.60 bits per heavy atom. The fraction of sp³-hybridized carbons (Fsp3) is 0.350. The zero-order valence-electron chi connectivity index (χ0n) is 13.7. The zero-order valence-corrected chi connectivity index (χ0v) is 13.7. The van der Waals surface area contributed by atoms with E-state index >= 15 is 0 Å². The summed E-state index contributed by atoms with van der Waals surface area (Å²) >= 11 is 0. The van der Waals surface area contributed by atoms with Crippen LogP contribution in [0.15, 0.2) is 42.5 Å². The summed E-state index contributed by atoms with van der Waals surface area (Å²) < 4.78 is 30.8. The van der Waals surface area contributed by atoms with Crippen molar-refractivity contribution in [1.82, 2.24) is 0 Å². The maximum Gasteiger partial charge on any atom is 0.187 e. The van der Waals surface area contributed by atoms with Gasteiger partial charge in [-0.05, 0) is 35.2 Å². The molecule has 1 unspecified atom stereocenters. The quantitative estimate of drug-likeness (QED) is 0.778. The third kappa shape index (κ3) is 2.93. The van der Waals surface area contributed by atoms with Crippen LogP contribution in [0.25, 0.3) is 4.85 Å². The molecule has 5 heteroatoms. The molecular weight excluding hydrogens is 321 g/mol. The number of nitrogens with zero attached hydrogens (tertiary/aromatic N) is 1. The van der Waals surface area contributed by atoms with Crippen LogP contribution in [-0.2, 0) is 26.4 Å². The minimum atomic E-state index is -0.668. The second kappa shape index (κ2) is 6.57. The van der Waals surface area contributed by atoms with E-state index in [-0.39, 0.29) is 12.1 Å². The molecule has 2 aliphatic rings. The first-order valence-electron chi connectivity index (χ1n) is 8.35. The summed E-state index contributed by atoms with van der Waals surface area (Å²) in [4.78, 5) is 3.49. The Hall–Kier alpha value is -2.26. The van der Waals surface area contributed by atoms with Gasteiger partial charge in [-0.1, -0.05) is 30.3 Å². The van der Waals surface area contributed by atoms with Gasteiger partial charge in [-0.3, -0.25) is 0 Å². The highest BCUT2D eigenvalue weighted by Gasteiger charge is 2.42. The van der Waals surface area contributed by atoms with Crippen LogP contribution in [0.1, 0.15) is 29.5 Å². The SMILES string of the molecule is [C-]#[N+]c1ccc2c(c1)COC2(CCC1OCCO1)c1ccc(F)cc1. The van der Waals surface area contributed by atoms with E-state index in [0.717, 1.165) is 16.7 Å². The van der Waals surface area contributed by atoms with E-state index in [1.807, 2.05) is 12.1 Å². The molecule has 0 aliphatic carbocycles. The lowest BCUT2D eigenvalue weighted by molar-refractivity contribution is -0.0738. The molecule has 4 nitrogen and oxygen atoms in total. The van der Waals surface area contributed by atoms with Crippen LogP contribution in [0.3, 0.4) is 0 Å². The number of hydrogen-bond donors (Lipinski definition) is 0. The van der Waals surface area contributed by atoms with Crippen LogP contribution in [0.4, 0.5) is 10.1 Å². The van der Waals surface area contributed by atoms with E-state index in [4.69, 9.17) is 20.8 Å². The molecule has 2 heterocycles. The highest BCUT2D eigenvalue weighted by molar-refractivity contribution is 5.54. The van der Waals surface area contributed by atoms with E-state index in [2.05, 4.69) is 4.85 Å². The van der Waals surface area contributed by atoms with Crippen molar-refractivity contribution in [3.63, 3.8) is 0 Å². The van der Waals surface area contributed by atoms with Crippen molar-refractivity contribution in [3.05, 3.63) is 76.4 Å². The number of benzene rings is 2. The molecule has 2 aliphatic heterocycles. The fourth-order valence-corrected chi connectivity index (χ4v) is 3.65. The normalized spacial score (nSPS) is 22.7. The van der Waals surface area contributed by atoms with Crippen LogP contribution in [0.5, 0.6) is 0 Å². The van der Waals surface area contributed by atoms with E-state index in [1.165, 1.54) is 12.1 Å². The number of fused-ring (bicyclic) bond motifs is 1. The van der Waals surface area contributed by atoms with Gasteiger partial charge >= 0.3 is 0 Å². The molecule has 0 aromatic heterocycles. The Morgan fingerprint density at radius 1 is 1.12 bits per heavy atom. The van der Waals surface area contributed by atoms with Gasteiger partial charge in [-0.2, -0.15) is 0 Å². The molecule has 0 saturated carbocycles. The Kier molecular flexibility index (Phi) is 4.26. The predicted molar refractivity (Wildman–Crippen MR) is 89.6 cm³/mol. The second-order valence-corrected chi connectivity index (χ2v) is 6.29. The maximum absolute atomic E-state index is 13.4. The van der Waals surface area contributed by atoms with E-state index in [0.29, 0.717) is 38.3 Å². The summed E-state index contributed by atoms with van der Waals surface area (Å²) in [6.07, 6.45) is 1.11. The van der Waals surface area contributed by atoms with E-state index < -0.39 is 5.60 Å². The third-order valence-corrected chi connectivity index (χ3v) is 4.86. The average molecular weight is 339 g/mol. The molecule has 25 heavy (non-hydrogen) atoms. The maximum atomic E-state index is 13.4. The van der Waals surface area contributed by atoms with Crippen molar-refractivity contribution in [3.8, 4) is 0 Å². The van der Waals surface area contributed by atoms with Crippen LogP contribution in [0.2, 0.25) is 0 Å². The molecule has 1 atom stereocenters. The fourth-order valence-electron chi connectivity index (χ4n) is 3.65. The number of halogens is 1. The first-order chi connectivity index (χ1) is 12.2. The molecular formula is C20H18FNO3. The predicted octanol–water partition coefficient (Wildman–Crippen LogP) is 4.30. The van der Waals surface area contributed by atoms with Crippen molar-refractivity contribution >= 4 is 5.69 Å². The molecule has 2 aromatic rings. The minimum Gasteiger partial charge on any atom is -0.361 e. The Morgan fingerprint density at radius 2 is 1.88 bits per heavy atom. The van der Waals surface area contributed by atoms with Gasteiger partial charge in [-0.15, -0.1) is 0 Å². The van der Waals surface area contributed by atoms with Gasteiger partial charge in [0.05, 0.1) is 26.4 Å². The summed E-state index contributed by atoms with van der Waals surface area (Å²) in [5, 5.41) is 0. The highest BCUT2D eigenvalue weighted by atomic mass is 19.1. The molecule has 0 radical (unpaired) electrons. The molecule has 0 N–H and O–H groups in total. The van der Waals surface area contributed by atoms with Crippen molar-refractivity contribution in [2.24, 2.45) is 0 Å². The zero-order chi connectivity index (χ0) is 17.3. The topological polar surface area (TPSA) is 32.0 Å². The molecule has 128 valence electrons. The minimum absolute atomic E-state index is 0.229. The van der Waals surface area contributed by atoms with Crippen molar-refractivity contribution in [2.45, 2.75) is 31.3 Å². The van der Waals surface area contributed by atoms with Gasteiger partial charge in [-0.25, -0.2) is 9.24 Å². The summed E-state index contributed by atoms with van der Waals surface area (Å²) in [6.45, 7) is 8.85. The van der Waals surface area contributed by atoms with Gasteiger partial charge in [0.2, 0.25) is 0 Å². The van der Waals surface area contributed by atoms with E-state index in [1.54, 1.807) is 18.2 Å². The lowest BCUT2D eigenvalue weighted by Crippen LogP contribution is -2.29. The third-order valence-electron chi connectivity index (χ3n) is 4.86. The lowest BCUT2D eigenvalue weighted by Gasteiger charge is -2.31. The smallest absolute Gasteiger partial charge is 0.187 e. The number of hydrogen-bond acceptors (Lipinski definition) is 3. The first-order valence-corrected chi connectivity index (χ1v) is 8.35. The Labute approximate surface area is 146 Å². The summed E-state index contributed by atoms with van der Waals surface area (Å²) in [5.74, 6) is -0.275. The van der Waals surface area contributed by atoms with Gasteiger partial charge in [0.25, 0.3) is 0 Å². The number of rotatable bonds is 4. The van der Waals surface area contributed by atoms with E-state index in [9.17, 15) is 4.39 Å². The molecule has 1 fully saturated rings. The molecule has 4 rings (SSSR count). The molecule has 0 bridgehead atoms. The molecule has 0 amide bonds. The Balaban J connectivity index is 1.73. The van der Waals surface area contributed by atoms with Gasteiger partial charge in [0.1, 0.15) is 11.4 Å². The van der Waals surface area contributed by atoms with Crippen LogP contribution >= 0.6 is 0 Å². The van der Waals surface area contributed by atoms with Gasteiger partial charge in [0.15, 0.2) is 12.0 Å². The standard InChI is InChI=1S/C20H18FNO3/c1-22-17-6-7-18-14(12-17)13-25-20(18,9-8-19-23-10-11-24-19)15-2-4-16(21)5-3-15/h2-7,12,19H,8-11,13H2. The summed E-state index contributed by atoms with van der Waals surface area (Å²) in [7, 11) is 0. The molecule has 1 saturated heterocycles. The monoisotopic (exact) mass is 339 g/mol. The molecule has 0 spiro atoms. The van der Waals surface area contributed by atoms with Crippen molar-refractivity contribution in [2.75, 3.05) is 13.2 Å². The average Bonchev–Trinajstić information content (AvgIpc) is 3.28. The molecule has 2 aromatic carbocycles. The van der Waals surface area contributed by atoms with Crippen LogP contribution < -0.4 is 0 Å². The van der Waals surface area contributed by atoms with Crippen LogP contribution in [0, 0.1) is 12.4 Å². The largest absolute Gasteiger partial charge is 0.361 e.